The van der Waals surface area contributed by atoms with E-state index >= 15 is 0 Å². The van der Waals surface area contributed by atoms with Gasteiger partial charge in [-0.3, -0.25) is 29.8 Å². The minimum absolute atomic E-state index is 0.116. The predicted octanol–water partition coefficient (Wildman–Crippen LogP) is 6.13. The highest BCUT2D eigenvalue weighted by molar-refractivity contribution is 7.10. The van der Waals surface area contributed by atoms with Gasteiger partial charge in [-0.2, -0.15) is 0 Å². The molecule has 3 aromatic heterocycles. The van der Waals surface area contributed by atoms with Gasteiger partial charge in [-0.1, -0.05) is 33.8 Å². The Balaban J connectivity index is 1.20. The number of carbonyl (C=O) groups is 4. The molecule has 6 heterocycles. The van der Waals surface area contributed by atoms with Crippen molar-refractivity contribution < 1.29 is 33.4 Å². The molecule has 4 aromatic rings. The van der Waals surface area contributed by atoms with Gasteiger partial charge in [-0.15, -0.1) is 11.3 Å². The van der Waals surface area contributed by atoms with Gasteiger partial charge in [0.25, 0.3) is 5.91 Å². The largest absolute Gasteiger partial charge is 0.464 e. The highest BCUT2D eigenvalue weighted by Gasteiger charge is 2.55. The fourth-order valence-electron chi connectivity index (χ4n) is 9.45. The predicted molar refractivity (Wildman–Crippen MR) is 240 cm³/mol. The number of thiazole rings is 1. The van der Waals surface area contributed by atoms with Gasteiger partial charge in [0.15, 0.2) is 0 Å². The van der Waals surface area contributed by atoms with Crippen molar-refractivity contribution in [1.82, 2.24) is 40.1 Å². The summed E-state index contributed by atoms with van der Waals surface area (Å²) in [5.41, 5.74) is 9.13. The summed E-state index contributed by atoms with van der Waals surface area (Å²) >= 11 is 1.43. The van der Waals surface area contributed by atoms with Crippen molar-refractivity contribution in [3.63, 3.8) is 0 Å². The van der Waals surface area contributed by atoms with Crippen LogP contribution in [0.5, 0.6) is 0 Å². The molecule has 0 spiro atoms. The van der Waals surface area contributed by atoms with Crippen molar-refractivity contribution in [2.45, 2.75) is 92.0 Å². The Hall–Kier alpha value is -5.32. The van der Waals surface area contributed by atoms with Gasteiger partial charge in [-0.25, -0.2) is 9.78 Å². The summed E-state index contributed by atoms with van der Waals surface area (Å²) in [7, 11) is 3.32. The van der Waals surface area contributed by atoms with Crippen LogP contribution in [0.3, 0.4) is 0 Å². The lowest BCUT2D eigenvalue weighted by Crippen LogP contribution is -2.60. The maximum Gasteiger partial charge on any atom is 0.322 e. The van der Waals surface area contributed by atoms with Crippen LogP contribution >= 0.6 is 11.3 Å². The second-order valence-corrected chi connectivity index (χ2v) is 19.3. The number of urea groups is 1. The van der Waals surface area contributed by atoms with E-state index in [1.54, 1.807) is 25.3 Å². The highest BCUT2D eigenvalue weighted by Crippen LogP contribution is 2.50. The van der Waals surface area contributed by atoms with Crippen LogP contribution in [0.1, 0.15) is 76.8 Å². The fraction of sp³-hybridized carbons (Fsp3) is 0.532. The van der Waals surface area contributed by atoms with Crippen LogP contribution in [0.4, 0.5) is 4.79 Å². The van der Waals surface area contributed by atoms with Crippen molar-refractivity contribution >= 4 is 46.1 Å². The number of hydrogen-bond acceptors (Lipinski definition) is 11. The van der Waals surface area contributed by atoms with E-state index in [2.05, 4.69) is 60.3 Å². The lowest BCUT2D eigenvalue weighted by molar-refractivity contribution is -0.152. The van der Waals surface area contributed by atoms with Crippen LogP contribution in [0.2, 0.25) is 0 Å². The normalized spacial score (nSPS) is 22.2. The fourth-order valence-corrected chi connectivity index (χ4v) is 10.3. The van der Waals surface area contributed by atoms with Crippen LogP contribution in [0, 0.1) is 16.7 Å². The molecule has 4 atom stereocenters. The van der Waals surface area contributed by atoms with Crippen molar-refractivity contribution in [3.05, 3.63) is 69.9 Å². The number of aryl methyl sites for hydroxylation is 1. The molecule has 2 N–H and O–H groups in total. The Morgan fingerprint density at radius 3 is 2.63 bits per heavy atom. The molecule has 4 aliphatic rings. The summed E-state index contributed by atoms with van der Waals surface area (Å²) < 4.78 is 19.8. The summed E-state index contributed by atoms with van der Waals surface area (Å²) in [4.78, 5) is 69.9. The number of hydrogen-bond donors (Lipinski definition) is 2. The topological polar surface area (TPSA) is 160 Å². The number of methoxy groups -OCH3 is 1. The summed E-state index contributed by atoms with van der Waals surface area (Å²) in [5, 5.41) is 8.29. The van der Waals surface area contributed by atoms with Crippen LogP contribution in [-0.2, 0) is 48.0 Å². The number of likely N-dealkylation sites (N-methyl/N-ethyl adjacent to an activating group) is 1. The van der Waals surface area contributed by atoms with Gasteiger partial charge < -0.3 is 33.9 Å². The van der Waals surface area contributed by atoms with E-state index < -0.39 is 28.8 Å². The van der Waals surface area contributed by atoms with Gasteiger partial charge in [0.1, 0.15) is 17.5 Å². The average Bonchev–Trinajstić information content (AvgIpc) is 3.70. The molecule has 0 saturated carbocycles. The van der Waals surface area contributed by atoms with Crippen LogP contribution in [0.15, 0.2) is 53.7 Å². The van der Waals surface area contributed by atoms with Gasteiger partial charge in [0.05, 0.1) is 53.7 Å². The second-order valence-electron chi connectivity index (χ2n) is 18.3. The van der Waals surface area contributed by atoms with Crippen LogP contribution in [0.25, 0.3) is 33.4 Å². The summed E-state index contributed by atoms with van der Waals surface area (Å²) in [5.74, 6) is -1.40. The molecule has 8 rings (SSSR count). The Kier molecular flexibility index (Phi) is 12.4. The Labute approximate surface area is 373 Å². The molecular formula is C47H60N8O7S. The molecule has 1 aromatic carbocycles. The lowest BCUT2D eigenvalue weighted by Gasteiger charge is -2.37. The molecular weight excluding hydrogens is 821 g/mol. The quantitative estimate of drug-likeness (QED) is 0.197. The molecule has 6 bridgehead atoms. The Morgan fingerprint density at radius 2 is 1.90 bits per heavy atom. The van der Waals surface area contributed by atoms with Gasteiger partial charge >= 0.3 is 12.0 Å². The maximum atomic E-state index is 14.7. The molecule has 63 heavy (non-hydrogen) atoms. The average molecular weight is 881 g/mol. The van der Waals surface area contributed by atoms with Crippen LogP contribution in [-0.4, -0.2) is 119 Å². The van der Waals surface area contributed by atoms with Crippen LogP contribution < -0.4 is 10.7 Å². The molecule has 0 radical (unpaired) electrons. The van der Waals surface area contributed by atoms with Crippen molar-refractivity contribution in [3.8, 4) is 22.5 Å². The first kappa shape index (κ1) is 44.3. The van der Waals surface area contributed by atoms with E-state index in [0.717, 1.165) is 44.7 Å². The van der Waals surface area contributed by atoms with Crippen molar-refractivity contribution in [2.24, 2.45) is 16.7 Å². The molecule has 1 aliphatic carbocycles. The minimum Gasteiger partial charge on any atom is -0.464 e. The smallest absolute Gasteiger partial charge is 0.322 e. The number of aromatic nitrogens is 3. The number of esters is 1. The minimum atomic E-state index is -1.03. The zero-order valence-corrected chi connectivity index (χ0v) is 38.5. The standard InChI is InChI=1S/C47H60N8O7S/c1-9-54-36-14-13-30-22-32(36)33(41(54)31-12-10-16-48-39(31)29(4)60-8)24-46(5,6)27-62-44(58)47-15-11-17-55(51-37(47)25-47)43(57)34(23-38-49-35(30)26-63-38)50-42(56)40(28(2)3)52(7)45(59)53-18-20-61-21-19-53/h10,12-14,16,22,25-26,28-29,34,40,51H,9,11,15,17-21,23-24,27H2,1-8H3,(H,50,56)/t29-,34-,40-,47+/m0/s1. The van der Waals surface area contributed by atoms with Gasteiger partial charge in [-0.05, 0) is 74.9 Å². The number of pyridine rings is 1. The zero-order valence-electron chi connectivity index (χ0n) is 37.7. The number of nitrogens with zero attached hydrogens (tertiary/aromatic N) is 6. The van der Waals surface area contributed by atoms with Crippen molar-refractivity contribution in [1.29, 1.82) is 0 Å². The number of hydrazine groups is 1. The summed E-state index contributed by atoms with van der Waals surface area (Å²) in [6.07, 6.45) is 5.11. The number of rotatable bonds is 8. The first-order chi connectivity index (χ1) is 30.2. The molecule has 15 nitrogen and oxygen atoms in total. The highest BCUT2D eigenvalue weighted by atomic mass is 32.1. The number of carbonyl (C=O) groups excluding carboxylic acids is 4. The summed E-state index contributed by atoms with van der Waals surface area (Å²) in [6, 6.07) is 8.31. The Bertz CT molecular complexity index is 2440. The number of ether oxygens (including phenoxy) is 3. The zero-order chi connectivity index (χ0) is 44.8. The van der Waals surface area contributed by atoms with E-state index in [0.29, 0.717) is 69.4 Å². The number of morpholine rings is 1. The summed E-state index contributed by atoms with van der Waals surface area (Å²) in [6.45, 7) is 15.1. The molecule has 2 saturated heterocycles. The first-order valence-corrected chi connectivity index (χ1v) is 23.0. The van der Waals surface area contributed by atoms with E-state index in [1.165, 1.54) is 21.2 Å². The second kappa shape index (κ2) is 17.7. The number of cyclic esters (lactones) is 1. The third-order valence-corrected chi connectivity index (χ3v) is 13.8. The number of nitrogens with one attached hydrogen (secondary N) is 2. The third-order valence-electron chi connectivity index (χ3n) is 12.9. The third kappa shape index (κ3) is 8.56. The monoisotopic (exact) mass is 880 g/mol. The maximum absolute atomic E-state index is 14.7. The molecule has 0 unspecified atom stereocenters. The van der Waals surface area contributed by atoms with E-state index in [-0.39, 0.29) is 43.0 Å². The molecule has 336 valence electrons. The van der Waals surface area contributed by atoms with Gasteiger partial charge in [0, 0.05) is 85.8 Å². The van der Waals surface area contributed by atoms with Gasteiger partial charge in [0.2, 0.25) is 5.91 Å². The molecule has 2 fully saturated rings. The number of amides is 4. The molecule has 3 aliphatic heterocycles. The first-order valence-electron chi connectivity index (χ1n) is 22.1. The Morgan fingerprint density at radius 1 is 1.13 bits per heavy atom. The van der Waals surface area contributed by atoms with E-state index in [4.69, 9.17) is 24.2 Å². The SMILES string of the molecule is CCn1c(-c2cccnc2[C@H](C)OC)c2c3cc(ccc31)-c1csc(n1)C[C@H](NC(=O)[C@H](C(C)C)N(C)C(=O)N1CCOCC1)C(=O)N1CCC[C@]3(C=C3N1)C(=O)OCC(C)(C)C2. The van der Waals surface area contributed by atoms with Crippen molar-refractivity contribution in [2.75, 3.05) is 53.6 Å². The molecule has 16 heteroatoms. The lowest BCUT2D eigenvalue weighted by atomic mass is 9.84. The number of benzene rings is 1. The number of fused-ring (bicyclic) bond motifs is 5. The molecule has 4 amide bonds. The van der Waals surface area contributed by atoms with E-state index in [9.17, 15) is 19.2 Å². The van der Waals surface area contributed by atoms with E-state index in [1.807, 2.05) is 38.3 Å².